The van der Waals surface area contributed by atoms with Gasteiger partial charge in [0.15, 0.2) is 5.16 Å². The van der Waals surface area contributed by atoms with Crippen LogP contribution >= 0.6 is 11.8 Å². The van der Waals surface area contributed by atoms with Gasteiger partial charge in [0.05, 0.1) is 17.6 Å². The van der Waals surface area contributed by atoms with Crippen molar-refractivity contribution >= 4 is 28.1 Å². The highest BCUT2D eigenvalue weighted by Crippen LogP contribution is 2.23. The fourth-order valence-electron chi connectivity index (χ4n) is 1.44. The number of carbonyl (C=O) groups excluding carboxylic acids is 1. The van der Waals surface area contributed by atoms with Crippen LogP contribution in [0.1, 0.15) is 6.92 Å². The lowest BCUT2D eigenvalue weighted by molar-refractivity contribution is 0.181. The van der Waals surface area contributed by atoms with Crippen molar-refractivity contribution in [2.75, 3.05) is 6.61 Å². The van der Waals surface area contributed by atoms with E-state index in [1.165, 1.54) is 0 Å². The molecular weight excluding hydrogens is 224 g/mol. The van der Waals surface area contributed by atoms with Gasteiger partial charge in [0, 0.05) is 18.8 Å². The highest BCUT2D eigenvalue weighted by Gasteiger charge is 2.12. The Labute approximate surface area is 97.6 Å². The predicted molar refractivity (Wildman–Crippen MR) is 63.6 cm³/mol. The van der Waals surface area contributed by atoms with Gasteiger partial charge in [-0.05, 0) is 19.1 Å². The highest BCUT2D eigenvalue weighted by molar-refractivity contribution is 8.13. The van der Waals surface area contributed by atoms with Gasteiger partial charge in [-0.1, -0.05) is 12.1 Å². The number of imidazole rings is 1. The summed E-state index contributed by atoms with van der Waals surface area (Å²) in [5.74, 6) is 0. The molecule has 1 aromatic heterocycles. The molecule has 0 radical (unpaired) electrons. The fraction of sp³-hybridized carbons (Fsp3) is 0.273. The molecule has 2 rings (SSSR count). The first kappa shape index (κ1) is 11.0. The Balaban J connectivity index is 2.31. The van der Waals surface area contributed by atoms with Crippen molar-refractivity contribution in [1.29, 1.82) is 0 Å². The monoisotopic (exact) mass is 236 g/mol. The number of hydrogen-bond acceptors (Lipinski definition) is 4. The highest BCUT2D eigenvalue weighted by atomic mass is 32.2. The van der Waals surface area contributed by atoms with E-state index in [0.29, 0.717) is 11.8 Å². The summed E-state index contributed by atoms with van der Waals surface area (Å²) in [7, 11) is 1.89. The number of carbonyl (C=O) groups is 1. The number of nitrogens with zero attached hydrogens (tertiary/aromatic N) is 2. The minimum Gasteiger partial charge on any atom is -0.458 e. The van der Waals surface area contributed by atoms with E-state index in [1.807, 2.05) is 35.9 Å². The maximum absolute atomic E-state index is 11.3. The van der Waals surface area contributed by atoms with E-state index in [1.54, 1.807) is 6.92 Å². The van der Waals surface area contributed by atoms with Crippen LogP contribution in [-0.4, -0.2) is 21.5 Å². The van der Waals surface area contributed by atoms with E-state index in [2.05, 4.69) is 4.98 Å². The summed E-state index contributed by atoms with van der Waals surface area (Å²) in [5.41, 5.74) is 1.89. The number of para-hydroxylation sites is 2. The molecule has 84 valence electrons. The van der Waals surface area contributed by atoms with Gasteiger partial charge >= 0.3 is 5.30 Å². The van der Waals surface area contributed by atoms with E-state index >= 15 is 0 Å². The van der Waals surface area contributed by atoms with Gasteiger partial charge in [0.25, 0.3) is 0 Å². The van der Waals surface area contributed by atoms with Crippen LogP contribution in [0, 0.1) is 0 Å². The summed E-state index contributed by atoms with van der Waals surface area (Å²) in [6.07, 6.45) is 0. The number of fused-ring (bicyclic) bond motifs is 1. The molecule has 0 bridgehead atoms. The third-order valence-electron chi connectivity index (χ3n) is 2.18. The molecule has 1 aromatic carbocycles. The van der Waals surface area contributed by atoms with Crippen LogP contribution in [-0.2, 0) is 11.8 Å². The largest absolute Gasteiger partial charge is 0.458 e. The number of hydrogen-bond donors (Lipinski definition) is 0. The number of ether oxygens (including phenoxy) is 1. The van der Waals surface area contributed by atoms with Gasteiger partial charge in [0.2, 0.25) is 0 Å². The van der Waals surface area contributed by atoms with Gasteiger partial charge in [-0.3, -0.25) is 0 Å². The molecule has 0 aliphatic heterocycles. The summed E-state index contributed by atoms with van der Waals surface area (Å²) in [5, 5.41) is 0.334. The summed E-state index contributed by atoms with van der Waals surface area (Å²) in [6, 6.07) is 7.76. The van der Waals surface area contributed by atoms with Crippen LogP contribution in [0.15, 0.2) is 29.4 Å². The molecule has 0 atom stereocenters. The minimum atomic E-state index is -0.319. The van der Waals surface area contributed by atoms with E-state index in [4.69, 9.17) is 4.74 Å². The maximum atomic E-state index is 11.3. The molecule has 4 nitrogen and oxygen atoms in total. The lowest BCUT2D eigenvalue weighted by Gasteiger charge is -2.01. The second-order valence-corrected chi connectivity index (χ2v) is 4.13. The lowest BCUT2D eigenvalue weighted by Crippen LogP contribution is -1.99. The summed E-state index contributed by atoms with van der Waals surface area (Å²) in [4.78, 5) is 15.7. The van der Waals surface area contributed by atoms with Crippen LogP contribution in [0.2, 0.25) is 0 Å². The Morgan fingerprint density at radius 1 is 1.50 bits per heavy atom. The minimum absolute atomic E-state index is 0.319. The second-order valence-electron chi connectivity index (χ2n) is 3.23. The van der Waals surface area contributed by atoms with Crippen LogP contribution in [0.25, 0.3) is 11.0 Å². The molecule has 0 saturated heterocycles. The van der Waals surface area contributed by atoms with Gasteiger partial charge < -0.3 is 9.30 Å². The Kier molecular flexibility index (Phi) is 3.14. The Hall–Kier alpha value is -1.49. The smallest absolute Gasteiger partial charge is 0.375 e. The zero-order valence-electron chi connectivity index (χ0n) is 9.14. The zero-order chi connectivity index (χ0) is 11.5. The standard InChI is InChI=1S/C11H12N2O2S/c1-3-15-11(14)16-10-12-8-6-4-5-7-9(8)13(10)2/h4-7H,3H2,1-2H3. The molecule has 0 aliphatic rings. The topological polar surface area (TPSA) is 44.1 Å². The van der Waals surface area contributed by atoms with Gasteiger partial charge in [0.1, 0.15) is 0 Å². The Morgan fingerprint density at radius 2 is 2.25 bits per heavy atom. The van der Waals surface area contributed by atoms with E-state index < -0.39 is 0 Å². The van der Waals surface area contributed by atoms with Gasteiger partial charge in [-0.25, -0.2) is 9.78 Å². The average molecular weight is 236 g/mol. The Morgan fingerprint density at radius 3 is 2.94 bits per heavy atom. The number of aryl methyl sites for hydroxylation is 1. The number of benzene rings is 1. The molecule has 0 N–H and O–H groups in total. The van der Waals surface area contributed by atoms with Crippen LogP contribution in [0.5, 0.6) is 0 Å². The molecule has 5 heteroatoms. The van der Waals surface area contributed by atoms with Crippen molar-refractivity contribution in [3.05, 3.63) is 24.3 Å². The van der Waals surface area contributed by atoms with Crippen molar-refractivity contribution in [2.45, 2.75) is 12.1 Å². The zero-order valence-corrected chi connectivity index (χ0v) is 9.95. The van der Waals surface area contributed by atoms with Crippen molar-refractivity contribution in [3.8, 4) is 0 Å². The molecule has 0 fully saturated rings. The second kappa shape index (κ2) is 4.57. The van der Waals surface area contributed by atoms with E-state index in [-0.39, 0.29) is 5.30 Å². The van der Waals surface area contributed by atoms with Crippen molar-refractivity contribution in [1.82, 2.24) is 9.55 Å². The molecule has 2 aromatic rings. The average Bonchev–Trinajstić information content (AvgIpc) is 2.57. The molecule has 0 unspecified atom stereocenters. The summed E-state index contributed by atoms with van der Waals surface area (Å²) < 4.78 is 6.75. The Bertz CT molecular complexity index is 522. The fourth-order valence-corrected chi connectivity index (χ4v) is 2.14. The molecule has 0 saturated carbocycles. The van der Waals surface area contributed by atoms with E-state index in [9.17, 15) is 4.79 Å². The van der Waals surface area contributed by atoms with Crippen LogP contribution in [0.3, 0.4) is 0 Å². The van der Waals surface area contributed by atoms with Crippen LogP contribution < -0.4 is 0 Å². The SMILES string of the molecule is CCOC(=O)Sc1nc2ccccc2n1C. The molecule has 1 heterocycles. The first-order valence-electron chi connectivity index (χ1n) is 4.98. The third kappa shape index (κ3) is 2.04. The molecular formula is C11H12N2O2S. The molecule has 0 amide bonds. The number of thioether (sulfide) groups is 1. The third-order valence-corrected chi connectivity index (χ3v) is 3.02. The predicted octanol–water partition coefficient (Wildman–Crippen LogP) is 2.82. The normalized spacial score (nSPS) is 10.6. The van der Waals surface area contributed by atoms with Crippen molar-refractivity contribution in [3.63, 3.8) is 0 Å². The summed E-state index contributed by atoms with van der Waals surface area (Å²) >= 11 is 1.01. The van der Waals surface area contributed by atoms with Gasteiger partial charge in [-0.2, -0.15) is 0 Å². The number of aromatic nitrogens is 2. The molecule has 0 spiro atoms. The van der Waals surface area contributed by atoms with Crippen molar-refractivity contribution < 1.29 is 9.53 Å². The first-order valence-corrected chi connectivity index (χ1v) is 5.80. The molecule has 16 heavy (non-hydrogen) atoms. The quantitative estimate of drug-likeness (QED) is 0.594. The van der Waals surface area contributed by atoms with Crippen LogP contribution in [0.4, 0.5) is 4.79 Å². The first-order chi connectivity index (χ1) is 7.72. The lowest BCUT2D eigenvalue weighted by atomic mass is 10.3. The number of rotatable bonds is 2. The van der Waals surface area contributed by atoms with E-state index in [0.717, 1.165) is 22.8 Å². The van der Waals surface area contributed by atoms with Gasteiger partial charge in [-0.15, -0.1) is 0 Å². The molecule has 0 aliphatic carbocycles. The maximum Gasteiger partial charge on any atom is 0.375 e. The van der Waals surface area contributed by atoms with Crippen molar-refractivity contribution in [2.24, 2.45) is 7.05 Å². The summed E-state index contributed by atoms with van der Waals surface area (Å²) in [6.45, 7) is 2.17.